The highest BCUT2D eigenvalue weighted by Gasteiger charge is 2.30. The quantitative estimate of drug-likeness (QED) is 0.176. The van der Waals surface area contributed by atoms with Crippen LogP contribution in [-0.2, 0) is 10.0 Å². The number of ketones is 1. The van der Waals surface area contributed by atoms with Gasteiger partial charge in [0.15, 0.2) is 5.78 Å². The van der Waals surface area contributed by atoms with Crippen molar-refractivity contribution in [1.29, 1.82) is 0 Å². The Labute approximate surface area is 280 Å². The fourth-order valence-electron chi connectivity index (χ4n) is 6.83. The minimum atomic E-state index is -3.90. The van der Waals surface area contributed by atoms with Crippen LogP contribution in [0.5, 0.6) is 5.75 Å². The van der Waals surface area contributed by atoms with Gasteiger partial charge in [-0.1, -0.05) is 91.3 Å². The van der Waals surface area contributed by atoms with Crippen LogP contribution in [0.3, 0.4) is 0 Å². The van der Waals surface area contributed by atoms with E-state index in [9.17, 15) is 18.3 Å². The first-order valence-corrected chi connectivity index (χ1v) is 17.9. The maximum atomic E-state index is 13.4. The predicted octanol–water partition coefficient (Wildman–Crippen LogP) is 7.69. The van der Waals surface area contributed by atoms with Crippen molar-refractivity contribution < 1.29 is 18.3 Å². The van der Waals surface area contributed by atoms with E-state index in [1.165, 1.54) is 25.0 Å². The number of aromatic hydroxyl groups is 1. The lowest BCUT2D eigenvalue weighted by Gasteiger charge is -2.41. The zero-order valence-corrected chi connectivity index (χ0v) is 27.7. The number of Topliss-reactive ketones (excluding diaryl/α,β-unsaturated/α-hetero) is 1. The predicted molar refractivity (Wildman–Crippen MR) is 184 cm³/mol. The van der Waals surface area contributed by atoms with Gasteiger partial charge >= 0.3 is 0 Å². The molecule has 1 saturated carbocycles. The Morgan fingerprint density at radius 1 is 0.870 bits per heavy atom. The molecule has 3 N–H and O–H groups in total. The summed E-state index contributed by atoms with van der Waals surface area (Å²) in [5.74, 6) is 0.692. The third-order valence-corrected chi connectivity index (χ3v) is 11.0. The number of rotatable bonds is 9. The van der Waals surface area contributed by atoms with Crippen molar-refractivity contribution in [2.75, 3.05) is 31.1 Å². The number of carbonyl (C=O) groups excluding carboxylic acids is 1. The van der Waals surface area contributed by atoms with Gasteiger partial charge in [-0.15, -0.1) is 0 Å². The average molecular weight is 679 g/mol. The highest BCUT2D eigenvalue weighted by atomic mass is 35.5. The molecule has 6 rings (SSSR count). The number of primary sulfonamides is 1. The van der Waals surface area contributed by atoms with Crippen molar-refractivity contribution in [3.05, 3.63) is 112 Å². The molecule has 0 amide bonds. The molecule has 1 heterocycles. The molecule has 1 saturated heterocycles. The van der Waals surface area contributed by atoms with E-state index in [0.29, 0.717) is 65.3 Å². The Hall–Kier alpha value is -3.40. The van der Waals surface area contributed by atoms with E-state index >= 15 is 0 Å². The number of nitrogens with two attached hydrogens (primary N) is 1. The molecular weight excluding hydrogens is 641 g/mol. The number of anilines is 1. The van der Waals surface area contributed by atoms with Crippen molar-refractivity contribution in [3.63, 3.8) is 0 Å². The van der Waals surface area contributed by atoms with Gasteiger partial charge in [0.25, 0.3) is 0 Å². The largest absolute Gasteiger partial charge is 0.508 e. The first-order valence-electron chi connectivity index (χ1n) is 15.6. The average Bonchev–Trinajstić information content (AvgIpc) is 3.57. The summed E-state index contributed by atoms with van der Waals surface area (Å²) in [7, 11) is -3.90. The molecular formula is C36H37Cl2N3O4S. The number of carbonyl (C=O) groups is 1. The normalized spacial score (nSPS) is 16.9. The van der Waals surface area contributed by atoms with E-state index < -0.39 is 10.0 Å². The second-order valence-corrected chi connectivity index (χ2v) is 14.6. The third kappa shape index (κ3) is 7.11. The highest BCUT2D eigenvalue weighted by Crippen LogP contribution is 2.40. The van der Waals surface area contributed by atoms with Crippen molar-refractivity contribution in [3.8, 4) is 16.9 Å². The summed E-state index contributed by atoms with van der Waals surface area (Å²) in [6, 6.07) is 24.8. The minimum Gasteiger partial charge on any atom is -0.508 e. The lowest BCUT2D eigenvalue weighted by atomic mass is 9.90. The first kappa shape index (κ1) is 32.5. The lowest BCUT2D eigenvalue weighted by Crippen LogP contribution is -2.48. The summed E-state index contributed by atoms with van der Waals surface area (Å²) in [6.45, 7) is 2.65. The zero-order valence-electron chi connectivity index (χ0n) is 25.4. The molecule has 0 radical (unpaired) electrons. The number of hydrogen-bond acceptors (Lipinski definition) is 6. The Balaban J connectivity index is 1.37. The molecule has 240 valence electrons. The van der Waals surface area contributed by atoms with E-state index in [2.05, 4.69) is 9.80 Å². The SMILES string of the molecule is NS(=O)(=O)c1cccc(-c2ccc(O)c(C(c3cccc(C(=O)CC4CCCC4)c3)N3CCN(c4cccc(Cl)c4Cl)CC3)c2)c1. The molecule has 1 aliphatic heterocycles. The van der Waals surface area contributed by atoms with Crippen molar-refractivity contribution in [2.24, 2.45) is 11.1 Å². The number of piperazine rings is 1. The van der Waals surface area contributed by atoms with Gasteiger partial charge in [-0.3, -0.25) is 9.69 Å². The Morgan fingerprint density at radius 3 is 2.30 bits per heavy atom. The third-order valence-electron chi connectivity index (χ3n) is 9.24. The lowest BCUT2D eigenvalue weighted by molar-refractivity contribution is 0.0962. The summed E-state index contributed by atoms with van der Waals surface area (Å²) < 4.78 is 24.2. The second-order valence-electron chi connectivity index (χ2n) is 12.2. The molecule has 0 spiro atoms. The van der Waals surface area contributed by atoms with E-state index in [1.54, 1.807) is 24.3 Å². The maximum absolute atomic E-state index is 13.4. The van der Waals surface area contributed by atoms with Gasteiger partial charge in [0, 0.05) is 43.7 Å². The first-order chi connectivity index (χ1) is 22.1. The minimum absolute atomic E-state index is 0.0143. The number of phenols is 1. The van der Waals surface area contributed by atoms with Crippen LogP contribution < -0.4 is 10.0 Å². The summed E-state index contributed by atoms with van der Waals surface area (Å²) in [5.41, 5.74) is 4.51. The van der Waals surface area contributed by atoms with Crippen molar-refractivity contribution in [2.45, 2.75) is 43.0 Å². The number of hydrogen-bond donors (Lipinski definition) is 2. The molecule has 1 aliphatic carbocycles. The van der Waals surface area contributed by atoms with Crippen LogP contribution in [0.25, 0.3) is 11.1 Å². The van der Waals surface area contributed by atoms with E-state index in [1.807, 2.05) is 48.5 Å². The number of halogens is 2. The standard InChI is InChI=1S/C36H37Cl2N3O4S/c37-31-12-5-13-32(35(31)38)40-16-18-41(19-17-40)36(28-10-3-9-27(21-28)34(43)20-24-6-1-2-7-24)30-23-26(14-15-33(30)42)25-8-4-11-29(22-25)46(39,44)45/h3-5,8-15,21-24,36,42H,1-2,6-7,16-20H2,(H2,39,44,45). The smallest absolute Gasteiger partial charge is 0.238 e. The van der Waals surface area contributed by atoms with E-state index in [0.717, 1.165) is 29.7 Å². The van der Waals surface area contributed by atoms with Crippen LogP contribution in [0.1, 0.15) is 59.6 Å². The van der Waals surface area contributed by atoms with Crippen LogP contribution >= 0.6 is 23.2 Å². The molecule has 7 nitrogen and oxygen atoms in total. The maximum Gasteiger partial charge on any atom is 0.238 e. The number of sulfonamides is 1. The summed E-state index contributed by atoms with van der Waals surface area (Å²) in [6.07, 6.45) is 5.11. The van der Waals surface area contributed by atoms with E-state index in [4.69, 9.17) is 28.3 Å². The monoisotopic (exact) mass is 677 g/mol. The molecule has 1 atom stereocenters. The fraction of sp³-hybridized carbons (Fsp3) is 0.306. The Morgan fingerprint density at radius 2 is 1.57 bits per heavy atom. The molecule has 2 aliphatic rings. The van der Waals surface area contributed by atoms with Gasteiger partial charge in [-0.2, -0.15) is 0 Å². The Kier molecular flexibility index (Phi) is 9.73. The summed E-state index contributed by atoms with van der Waals surface area (Å²) in [4.78, 5) is 17.9. The fourth-order valence-corrected chi connectivity index (χ4v) is 7.80. The molecule has 4 aromatic rings. The molecule has 1 unspecified atom stereocenters. The topological polar surface area (TPSA) is 104 Å². The van der Waals surface area contributed by atoms with Crippen LogP contribution in [0.4, 0.5) is 5.69 Å². The van der Waals surface area contributed by atoms with Crippen molar-refractivity contribution in [1.82, 2.24) is 4.90 Å². The Bertz CT molecular complexity index is 1850. The van der Waals surface area contributed by atoms with Gasteiger partial charge < -0.3 is 10.0 Å². The summed E-state index contributed by atoms with van der Waals surface area (Å²) >= 11 is 12.9. The van der Waals surface area contributed by atoms with Crippen LogP contribution in [0.15, 0.2) is 89.8 Å². The molecule has 10 heteroatoms. The number of nitrogens with zero attached hydrogens (tertiary/aromatic N) is 2. The number of phenolic OH excluding ortho intramolecular Hbond substituents is 1. The van der Waals surface area contributed by atoms with Gasteiger partial charge in [-0.05, 0) is 65.1 Å². The molecule has 2 fully saturated rings. The van der Waals surface area contributed by atoms with E-state index in [-0.39, 0.29) is 22.5 Å². The van der Waals surface area contributed by atoms with Gasteiger partial charge in [-0.25, -0.2) is 13.6 Å². The molecule has 4 aromatic carbocycles. The molecule has 46 heavy (non-hydrogen) atoms. The van der Waals surface area contributed by atoms with Gasteiger partial charge in [0.1, 0.15) is 5.75 Å². The van der Waals surface area contributed by atoms with Crippen LogP contribution in [-0.4, -0.2) is 50.4 Å². The van der Waals surface area contributed by atoms with Crippen molar-refractivity contribution >= 4 is 44.7 Å². The van der Waals surface area contributed by atoms with Crippen LogP contribution in [0.2, 0.25) is 10.0 Å². The summed E-state index contributed by atoms with van der Waals surface area (Å²) in [5, 5.41) is 17.8. The van der Waals surface area contributed by atoms with Crippen LogP contribution in [0, 0.1) is 5.92 Å². The highest BCUT2D eigenvalue weighted by molar-refractivity contribution is 7.89. The molecule has 0 bridgehead atoms. The second kappa shape index (κ2) is 13.8. The van der Waals surface area contributed by atoms with Gasteiger partial charge in [0.2, 0.25) is 10.0 Å². The zero-order chi connectivity index (χ0) is 32.4. The molecule has 0 aromatic heterocycles. The number of benzene rings is 4. The van der Waals surface area contributed by atoms with Gasteiger partial charge in [0.05, 0.1) is 26.7 Å².